The maximum absolute atomic E-state index is 5.41. The van der Waals surface area contributed by atoms with Crippen LogP contribution in [0.3, 0.4) is 0 Å². The van der Waals surface area contributed by atoms with Crippen LogP contribution in [0.1, 0.15) is 22.3 Å². The smallest absolute Gasteiger partial charge is 0.191 e. The monoisotopic (exact) mass is 494 g/mol. The van der Waals surface area contributed by atoms with Crippen molar-refractivity contribution in [3.05, 3.63) is 70.8 Å². The van der Waals surface area contributed by atoms with E-state index in [0.29, 0.717) is 0 Å². The van der Waals surface area contributed by atoms with Gasteiger partial charge in [-0.2, -0.15) is 0 Å². The molecule has 2 aromatic carbocycles. The second-order valence-corrected chi connectivity index (χ2v) is 6.97. The third kappa shape index (κ3) is 7.41. The number of guanidine groups is 1. The van der Waals surface area contributed by atoms with Crippen LogP contribution in [0.2, 0.25) is 0 Å². The van der Waals surface area contributed by atoms with E-state index in [4.69, 9.17) is 4.74 Å². The molecule has 3 rings (SSSR count). The van der Waals surface area contributed by atoms with Gasteiger partial charge < -0.3 is 15.4 Å². The van der Waals surface area contributed by atoms with Gasteiger partial charge in [0.25, 0.3) is 0 Å². The summed E-state index contributed by atoms with van der Waals surface area (Å²) in [5.74, 6) is 0.813. The van der Waals surface area contributed by atoms with Crippen LogP contribution in [-0.2, 0) is 24.4 Å². The van der Waals surface area contributed by atoms with E-state index in [1.54, 1.807) is 7.05 Å². The van der Waals surface area contributed by atoms with Crippen molar-refractivity contribution in [1.29, 1.82) is 0 Å². The maximum Gasteiger partial charge on any atom is 0.191 e. The Morgan fingerprint density at radius 3 is 1.93 bits per heavy atom. The Hall–Kier alpha value is -1.64. The molecule has 6 heteroatoms. The first-order valence-corrected chi connectivity index (χ1v) is 9.61. The Balaban J connectivity index is 0.00000280. The zero-order valence-electron chi connectivity index (χ0n) is 16.8. The summed E-state index contributed by atoms with van der Waals surface area (Å²) >= 11 is 0. The van der Waals surface area contributed by atoms with Crippen LogP contribution in [0.25, 0.3) is 0 Å². The van der Waals surface area contributed by atoms with Gasteiger partial charge in [0.1, 0.15) is 0 Å². The lowest BCUT2D eigenvalue weighted by atomic mass is 10.1. The highest BCUT2D eigenvalue weighted by atomic mass is 127. The highest BCUT2D eigenvalue weighted by Gasteiger charge is 2.10. The van der Waals surface area contributed by atoms with Gasteiger partial charge in [0, 0.05) is 39.8 Å². The van der Waals surface area contributed by atoms with E-state index in [-0.39, 0.29) is 24.0 Å². The van der Waals surface area contributed by atoms with Crippen molar-refractivity contribution in [3.63, 3.8) is 0 Å². The summed E-state index contributed by atoms with van der Waals surface area (Å²) in [6, 6.07) is 17.4. The van der Waals surface area contributed by atoms with Crippen LogP contribution in [0.4, 0.5) is 0 Å². The fourth-order valence-electron chi connectivity index (χ4n) is 3.08. The number of rotatable bonds is 6. The van der Waals surface area contributed by atoms with E-state index in [0.717, 1.165) is 51.9 Å². The van der Waals surface area contributed by atoms with Crippen molar-refractivity contribution in [3.8, 4) is 0 Å². The van der Waals surface area contributed by atoms with E-state index in [9.17, 15) is 0 Å². The first-order valence-electron chi connectivity index (χ1n) is 9.61. The molecule has 1 saturated heterocycles. The first-order chi connectivity index (χ1) is 13.2. The molecule has 1 heterocycles. The predicted octanol–water partition coefficient (Wildman–Crippen LogP) is 3.31. The minimum Gasteiger partial charge on any atom is -0.379 e. The molecular weight excluding hydrogens is 463 g/mol. The van der Waals surface area contributed by atoms with Gasteiger partial charge >= 0.3 is 0 Å². The van der Waals surface area contributed by atoms with Crippen molar-refractivity contribution < 1.29 is 4.74 Å². The second-order valence-electron chi connectivity index (χ2n) is 6.97. The zero-order valence-corrected chi connectivity index (χ0v) is 19.1. The summed E-state index contributed by atoms with van der Waals surface area (Å²) in [6.07, 6.45) is 0. The van der Waals surface area contributed by atoms with Gasteiger partial charge in [-0.3, -0.25) is 9.89 Å². The van der Waals surface area contributed by atoms with Gasteiger partial charge in [-0.05, 0) is 23.6 Å². The molecule has 1 fully saturated rings. The molecule has 0 unspecified atom stereocenters. The van der Waals surface area contributed by atoms with Crippen molar-refractivity contribution in [2.45, 2.75) is 26.6 Å². The van der Waals surface area contributed by atoms with Crippen LogP contribution in [0.15, 0.2) is 53.5 Å². The van der Waals surface area contributed by atoms with Gasteiger partial charge in [0.2, 0.25) is 0 Å². The third-order valence-electron chi connectivity index (χ3n) is 4.80. The maximum atomic E-state index is 5.41. The fourth-order valence-corrected chi connectivity index (χ4v) is 3.08. The summed E-state index contributed by atoms with van der Waals surface area (Å²) in [5.41, 5.74) is 5.12. The first kappa shape index (κ1) is 22.6. The molecule has 1 aliphatic heterocycles. The molecule has 2 N–H and O–H groups in total. The topological polar surface area (TPSA) is 48.9 Å². The largest absolute Gasteiger partial charge is 0.379 e. The third-order valence-corrected chi connectivity index (χ3v) is 4.80. The molecule has 2 aromatic rings. The molecule has 0 saturated carbocycles. The molecule has 0 bridgehead atoms. The van der Waals surface area contributed by atoms with Gasteiger partial charge in [-0.15, -0.1) is 24.0 Å². The predicted molar refractivity (Wildman–Crippen MR) is 126 cm³/mol. The molecule has 0 spiro atoms. The second kappa shape index (κ2) is 12.0. The average molecular weight is 494 g/mol. The van der Waals surface area contributed by atoms with Crippen molar-refractivity contribution >= 4 is 29.9 Å². The number of nitrogens with zero attached hydrogens (tertiary/aromatic N) is 2. The minimum absolute atomic E-state index is 0. The van der Waals surface area contributed by atoms with Crippen LogP contribution in [0.5, 0.6) is 0 Å². The van der Waals surface area contributed by atoms with Gasteiger partial charge in [-0.25, -0.2) is 0 Å². The molecule has 5 nitrogen and oxygen atoms in total. The van der Waals surface area contributed by atoms with Crippen LogP contribution in [-0.4, -0.2) is 44.2 Å². The Labute approximate surface area is 185 Å². The molecule has 152 valence electrons. The van der Waals surface area contributed by atoms with Crippen LogP contribution in [0, 0.1) is 6.92 Å². The molecule has 1 aliphatic rings. The average Bonchev–Trinajstić information content (AvgIpc) is 2.71. The number of morpholine rings is 1. The van der Waals surface area contributed by atoms with E-state index >= 15 is 0 Å². The van der Waals surface area contributed by atoms with Crippen LogP contribution >= 0.6 is 24.0 Å². The van der Waals surface area contributed by atoms with E-state index in [2.05, 4.69) is 76.0 Å². The molecule has 0 amide bonds. The number of hydrogen-bond donors (Lipinski definition) is 2. The lowest BCUT2D eigenvalue weighted by Crippen LogP contribution is -2.36. The quantitative estimate of drug-likeness (QED) is 0.368. The number of nitrogens with one attached hydrogen (secondary N) is 2. The summed E-state index contributed by atoms with van der Waals surface area (Å²) in [5, 5.41) is 6.74. The number of aliphatic imine (C=N–C) groups is 1. The number of hydrogen-bond acceptors (Lipinski definition) is 3. The zero-order chi connectivity index (χ0) is 18.9. The van der Waals surface area contributed by atoms with E-state index in [1.807, 2.05) is 0 Å². The summed E-state index contributed by atoms with van der Waals surface area (Å²) in [4.78, 5) is 6.74. The molecular formula is C22H31IN4O. The Kier molecular flexibility index (Phi) is 9.73. The number of ether oxygens (including phenoxy) is 1. The summed E-state index contributed by atoms with van der Waals surface area (Å²) < 4.78 is 5.41. The van der Waals surface area contributed by atoms with Gasteiger partial charge in [0.15, 0.2) is 5.96 Å². The molecule has 0 radical (unpaired) electrons. The highest BCUT2D eigenvalue weighted by Crippen LogP contribution is 2.09. The van der Waals surface area contributed by atoms with Gasteiger partial charge in [0.05, 0.1) is 13.2 Å². The number of benzene rings is 2. The van der Waals surface area contributed by atoms with Crippen molar-refractivity contribution in [2.24, 2.45) is 4.99 Å². The number of aryl methyl sites for hydroxylation is 1. The minimum atomic E-state index is 0. The Bertz CT molecular complexity index is 725. The van der Waals surface area contributed by atoms with Gasteiger partial charge in [-0.1, -0.05) is 54.1 Å². The van der Waals surface area contributed by atoms with Crippen LogP contribution < -0.4 is 10.6 Å². The van der Waals surface area contributed by atoms with Crippen molar-refractivity contribution in [1.82, 2.24) is 15.5 Å². The van der Waals surface area contributed by atoms with E-state index in [1.165, 1.54) is 22.3 Å². The lowest BCUT2D eigenvalue weighted by molar-refractivity contribution is 0.0342. The molecule has 0 aromatic heterocycles. The lowest BCUT2D eigenvalue weighted by Gasteiger charge is -2.26. The number of halogens is 1. The molecule has 0 aliphatic carbocycles. The fraction of sp³-hybridized carbons (Fsp3) is 0.409. The van der Waals surface area contributed by atoms with Crippen molar-refractivity contribution in [2.75, 3.05) is 33.4 Å². The molecule has 0 atom stereocenters. The highest BCUT2D eigenvalue weighted by molar-refractivity contribution is 14.0. The normalized spacial score (nSPS) is 15.0. The summed E-state index contributed by atoms with van der Waals surface area (Å²) in [6.45, 7) is 8.34. The summed E-state index contributed by atoms with van der Waals surface area (Å²) in [7, 11) is 1.80. The SMILES string of the molecule is CN=C(NCc1ccc(C)cc1)NCc1ccc(CN2CCOCC2)cc1.I. The standard InChI is InChI=1S/C22H30N4O.HI/c1-18-3-5-19(6-4-18)15-24-22(23-2)25-16-20-7-9-21(10-8-20)17-26-11-13-27-14-12-26;/h3-10H,11-17H2,1-2H3,(H2,23,24,25);1H. The molecule has 28 heavy (non-hydrogen) atoms. The van der Waals surface area contributed by atoms with E-state index < -0.39 is 0 Å². The Morgan fingerprint density at radius 2 is 1.39 bits per heavy atom. The Morgan fingerprint density at radius 1 is 0.893 bits per heavy atom.